The SMILES string of the molecule is C=CC(=O)Nc1cc(N=C(N)/N=C(\C=C)n2nc(N(C)C)c3ccccc32)c(OC(F)F)cc1N(C)CCN(C)C. The van der Waals surface area contributed by atoms with Gasteiger partial charge >= 0.3 is 6.61 Å². The van der Waals surface area contributed by atoms with Crippen molar-refractivity contribution < 1.29 is 18.3 Å². The van der Waals surface area contributed by atoms with Gasteiger partial charge in [-0.2, -0.15) is 13.8 Å². The van der Waals surface area contributed by atoms with Gasteiger partial charge in [0, 0.05) is 45.7 Å². The first-order valence-corrected chi connectivity index (χ1v) is 12.6. The van der Waals surface area contributed by atoms with Gasteiger partial charge in [-0.15, -0.1) is 5.10 Å². The van der Waals surface area contributed by atoms with Crippen LogP contribution in [0.5, 0.6) is 5.75 Å². The van der Waals surface area contributed by atoms with Crippen molar-refractivity contribution in [2.75, 3.05) is 63.4 Å². The third-order valence-corrected chi connectivity index (χ3v) is 5.89. The number of nitrogens with two attached hydrogens (primary N) is 1. The average molecular weight is 568 g/mol. The van der Waals surface area contributed by atoms with Crippen LogP contribution in [0.1, 0.15) is 0 Å². The number of aromatic nitrogens is 2. The minimum Gasteiger partial charge on any atom is -0.432 e. The Balaban J connectivity index is 2.14. The molecule has 3 N–H and O–H groups in total. The molecule has 1 amide bonds. The number of anilines is 3. The van der Waals surface area contributed by atoms with Crippen molar-refractivity contribution in [3.63, 3.8) is 0 Å². The van der Waals surface area contributed by atoms with E-state index in [9.17, 15) is 13.6 Å². The van der Waals surface area contributed by atoms with E-state index in [1.165, 1.54) is 18.2 Å². The molecular formula is C28H35F2N9O2. The first kappa shape index (κ1) is 30.8. The maximum atomic E-state index is 13.4. The van der Waals surface area contributed by atoms with E-state index < -0.39 is 12.5 Å². The van der Waals surface area contributed by atoms with Crippen molar-refractivity contribution in [3.05, 3.63) is 61.7 Å². The van der Waals surface area contributed by atoms with Crippen molar-refractivity contribution in [2.24, 2.45) is 15.7 Å². The highest BCUT2D eigenvalue weighted by Gasteiger charge is 2.19. The molecule has 1 heterocycles. The van der Waals surface area contributed by atoms with Crippen LogP contribution in [0.2, 0.25) is 0 Å². The van der Waals surface area contributed by atoms with Crippen molar-refractivity contribution in [1.29, 1.82) is 0 Å². The summed E-state index contributed by atoms with van der Waals surface area (Å²) in [6.45, 7) is 5.37. The molecule has 0 aliphatic rings. The number of nitrogens with zero attached hydrogens (tertiary/aromatic N) is 7. The fraction of sp³-hybridized carbons (Fsp3) is 0.286. The summed E-state index contributed by atoms with van der Waals surface area (Å²) >= 11 is 0. The number of halogens is 2. The number of hydrogen-bond donors (Lipinski definition) is 2. The normalized spacial score (nSPS) is 12.1. The molecule has 0 aliphatic carbocycles. The van der Waals surface area contributed by atoms with E-state index in [0.29, 0.717) is 30.3 Å². The number of fused-ring (bicyclic) bond motifs is 1. The molecule has 13 heteroatoms. The Kier molecular flexibility index (Phi) is 10.1. The zero-order valence-corrected chi connectivity index (χ0v) is 23.8. The standard InChI is InChI=1S/C28H35F2N9O2/c1-8-24(39-21-13-11-10-12-18(21)26(35-39)37(5)6)34-28(31)33-20-16-19(32-25(40)9-2)22(17-23(20)41-27(29)30)38(7)15-14-36(3)4/h8-13,16-17,27H,1-2,14-15H2,3-7H3,(H2,31,33)(H,32,40)/b34-24+. The fourth-order valence-corrected chi connectivity index (χ4v) is 3.91. The van der Waals surface area contributed by atoms with Crippen LogP contribution in [0.3, 0.4) is 0 Å². The summed E-state index contributed by atoms with van der Waals surface area (Å²) in [5, 5.41) is 8.21. The van der Waals surface area contributed by atoms with Crippen molar-refractivity contribution >= 4 is 51.5 Å². The minimum atomic E-state index is -3.13. The number of hydrogen-bond acceptors (Lipinski definition) is 7. The lowest BCUT2D eigenvalue weighted by Crippen LogP contribution is -2.29. The van der Waals surface area contributed by atoms with Crippen LogP contribution in [-0.4, -0.2) is 87.3 Å². The smallest absolute Gasteiger partial charge is 0.387 e. The molecule has 0 saturated carbocycles. The Bertz CT molecular complexity index is 1480. The van der Waals surface area contributed by atoms with Gasteiger partial charge in [0.25, 0.3) is 0 Å². The molecule has 218 valence electrons. The molecule has 0 unspecified atom stereocenters. The summed E-state index contributed by atoms with van der Waals surface area (Å²) in [5.74, 6) is -0.0605. The molecule has 11 nitrogen and oxygen atoms in total. The number of benzene rings is 2. The van der Waals surface area contributed by atoms with Crippen molar-refractivity contribution in [1.82, 2.24) is 14.7 Å². The number of carbonyl (C=O) groups excluding carboxylic acids is 1. The maximum absolute atomic E-state index is 13.4. The zero-order valence-electron chi connectivity index (χ0n) is 23.8. The summed E-state index contributed by atoms with van der Waals surface area (Å²) < 4.78 is 33.2. The average Bonchev–Trinajstić information content (AvgIpc) is 3.31. The van der Waals surface area contributed by atoms with Crippen molar-refractivity contribution in [3.8, 4) is 5.75 Å². The van der Waals surface area contributed by atoms with Gasteiger partial charge in [0.15, 0.2) is 17.4 Å². The van der Waals surface area contributed by atoms with Crippen LogP contribution in [-0.2, 0) is 4.79 Å². The van der Waals surface area contributed by atoms with Crippen molar-refractivity contribution in [2.45, 2.75) is 6.61 Å². The lowest BCUT2D eigenvalue weighted by Gasteiger charge is -2.25. The number of aliphatic imine (C=N–C) groups is 2. The Labute approximate surface area is 237 Å². The van der Waals surface area contributed by atoms with E-state index in [4.69, 9.17) is 10.5 Å². The number of amides is 1. The Morgan fingerprint density at radius 3 is 2.46 bits per heavy atom. The Morgan fingerprint density at radius 2 is 1.85 bits per heavy atom. The zero-order chi connectivity index (χ0) is 30.3. The molecule has 0 radical (unpaired) electrons. The second-order valence-corrected chi connectivity index (χ2v) is 9.42. The summed E-state index contributed by atoms with van der Waals surface area (Å²) in [5.41, 5.74) is 7.60. The minimum absolute atomic E-state index is 0.0709. The molecule has 0 fully saturated rings. The third kappa shape index (κ3) is 7.66. The number of carbonyl (C=O) groups is 1. The summed E-state index contributed by atoms with van der Waals surface area (Å²) in [7, 11) is 9.32. The van der Waals surface area contributed by atoms with Crippen LogP contribution in [0.15, 0.2) is 71.7 Å². The Morgan fingerprint density at radius 1 is 1.15 bits per heavy atom. The van der Waals surface area contributed by atoms with E-state index in [1.807, 2.05) is 62.3 Å². The van der Waals surface area contributed by atoms with Crippen LogP contribution in [0.4, 0.5) is 31.7 Å². The molecule has 3 aromatic rings. The van der Waals surface area contributed by atoms with Gasteiger partial charge < -0.3 is 30.5 Å². The van der Waals surface area contributed by atoms with Gasteiger partial charge in [-0.25, -0.2) is 9.67 Å². The number of alkyl halides is 2. The molecule has 41 heavy (non-hydrogen) atoms. The van der Waals surface area contributed by atoms with E-state index >= 15 is 0 Å². The number of rotatable bonds is 11. The van der Waals surface area contributed by atoms with Crippen LogP contribution < -0.4 is 25.6 Å². The first-order chi connectivity index (χ1) is 19.4. The highest BCUT2D eigenvalue weighted by Crippen LogP contribution is 2.39. The first-order valence-electron chi connectivity index (χ1n) is 12.6. The number of likely N-dealkylation sites (N-methyl/N-ethyl adjacent to an activating group) is 2. The van der Waals surface area contributed by atoms with E-state index in [2.05, 4.69) is 33.6 Å². The molecular weight excluding hydrogens is 532 g/mol. The highest BCUT2D eigenvalue weighted by molar-refractivity contribution is 6.08. The molecule has 0 saturated heterocycles. The fourth-order valence-electron chi connectivity index (χ4n) is 3.91. The predicted octanol–water partition coefficient (Wildman–Crippen LogP) is 3.91. The summed E-state index contributed by atoms with van der Waals surface area (Å²) in [6, 6.07) is 10.3. The third-order valence-electron chi connectivity index (χ3n) is 5.89. The summed E-state index contributed by atoms with van der Waals surface area (Å²) in [4.78, 5) is 26.5. The second kappa shape index (κ2) is 13.5. The molecule has 0 spiro atoms. The summed E-state index contributed by atoms with van der Waals surface area (Å²) in [6.07, 6.45) is 2.55. The molecule has 1 aromatic heterocycles. The van der Waals surface area contributed by atoms with Crippen LogP contribution >= 0.6 is 0 Å². The molecule has 2 aromatic carbocycles. The quantitative estimate of drug-likeness (QED) is 0.205. The topological polar surface area (TPSA) is 117 Å². The molecule has 3 rings (SSSR count). The predicted molar refractivity (Wildman–Crippen MR) is 162 cm³/mol. The van der Waals surface area contributed by atoms with Gasteiger partial charge in [0.05, 0.1) is 16.9 Å². The number of para-hydroxylation sites is 1. The van der Waals surface area contributed by atoms with Gasteiger partial charge in [0.2, 0.25) is 11.9 Å². The largest absolute Gasteiger partial charge is 0.432 e. The van der Waals surface area contributed by atoms with Crippen LogP contribution in [0, 0.1) is 0 Å². The van der Waals surface area contributed by atoms with Gasteiger partial charge in [0.1, 0.15) is 5.69 Å². The second-order valence-electron chi connectivity index (χ2n) is 9.42. The van der Waals surface area contributed by atoms with Gasteiger partial charge in [-0.3, -0.25) is 4.79 Å². The molecule has 0 atom stereocenters. The number of ether oxygens (including phenoxy) is 1. The Hall–Kier alpha value is -4.78. The lowest BCUT2D eigenvalue weighted by atomic mass is 10.2. The van der Waals surface area contributed by atoms with E-state index in [-0.39, 0.29) is 23.2 Å². The van der Waals surface area contributed by atoms with Gasteiger partial charge in [-0.1, -0.05) is 25.3 Å². The lowest BCUT2D eigenvalue weighted by molar-refractivity contribution is -0.111. The van der Waals surface area contributed by atoms with E-state index in [0.717, 1.165) is 17.0 Å². The van der Waals surface area contributed by atoms with Crippen LogP contribution in [0.25, 0.3) is 10.9 Å². The molecule has 0 bridgehead atoms. The highest BCUT2D eigenvalue weighted by atomic mass is 19.3. The number of allylic oxidation sites excluding steroid dienone is 1. The van der Waals surface area contributed by atoms with E-state index in [1.54, 1.807) is 16.6 Å². The number of guanidine groups is 1. The maximum Gasteiger partial charge on any atom is 0.387 e. The monoisotopic (exact) mass is 567 g/mol. The number of nitrogens with one attached hydrogen (secondary N) is 1. The van der Waals surface area contributed by atoms with Gasteiger partial charge in [-0.05, 0) is 44.4 Å². The molecule has 0 aliphatic heterocycles.